The number of anilines is 1. The fraction of sp³-hybridized carbons (Fsp3) is 0.333. The summed E-state index contributed by atoms with van der Waals surface area (Å²) in [6.45, 7) is 1.03. The van der Waals surface area contributed by atoms with Crippen LogP contribution in [0.5, 0.6) is 5.75 Å². The van der Waals surface area contributed by atoms with Gasteiger partial charge in [0.05, 0.1) is 22.7 Å². The van der Waals surface area contributed by atoms with Gasteiger partial charge in [-0.2, -0.15) is 0 Å². The van der Waals surface area contributed by atoms with Crippen LogP contribution in [0.4, 0.5) is 10.1 Å². The highest BCUT2D eigenvalue weighted by Gasteiger charge is 2.33. The number of carbonyl (C=O) groups excluding carboxylic acids is 2. The average Bonchev–Trinajstić information content (AvgIpc) is 3.49. The van der Waals surface area contributed by atoms with Crippen molar-refractivity contribution >= 4 is 39.1 Å². The van der Waals surface area contributed by atoms with Gasteiger partial charge in [-0.25, -0.2) is 12.8 Å². The second-order valence-corrected chi connectivity index (χ2v) is 12.2. The van der Waals surface area contributed by atoms with Crippen LogP contribution in [0.15, 0.2) is 77.7 Å². The molecule has 1 atom stereocenters. The number of ether oxygens (including phenoxy) is 1. The van der Waals surface area contributed by atoms with Crippen LogP contribution in [-0.4, -0.2) is 50.9 Å². The summed E-state index contributed by atoms with van der Waals surface area (Å²) in [7, 11) is -2.73. The lowest BCUT2D eigenvalue weighted by Crippen LogP contribution is -2.52. The minimum Gasteiger partial charge on any atom is -0.497 e. The highest BCUT2D eigenvalue weighted by atomic mass is 35.5. The van der Waals surface area contributed by atoms with Gasteiger partial charge in [0, 0.05) is 12.6 Å². The molecule has 11 heteroatoms. The van der Waals surface area contributed by atoms with E-state index >= 15 is 0 Å². The lowest BCUT2D eigenvalue weighted by Gasteiger charge is -2.32. The van der Waals surface area contributed by atoms with Crippen molar-refractivity contribution in [2.75, 3.05) is 18.0 Å². The van der Waals surface area contributed by atoms with E-state index in [2.05, 4.69) is 5.32 Å². The van der Waals surface area contributed by atoms with Gasteiger partial charge < -0.3 is 15.0 Å². The van der Waals surface area contributed by atoms with E-state index in [1.165, 1.54) is 23.1 Å². The minimum absolute atomic E-state index is 0.0149. The molecule has 4 rings (SSSR count). The third-order valence-electron chi connectivity index (χ3n) is 7.18. The molecule has 0 bridgehead atoms. The number of halogens is 2. The lowest BCUT2D eigenvalue weighted by molar-refractivity contribution is -0.139. The molecule has 1 aliphatic rings. The second kappa shape index (κ2) is 13.4. The predicted molar refractivity (Wildman–Crippen MR) is 156 cm³/mol. The highest BCUT2D eigenvalue weighted by Crippen LogP contribution is 2.28. The van der Waals surface area contributed by atoms with Crippen molar-refractivity contribution in [2.45, 2.75) is 56.1 Å². The van der Waals surface area contributed by atoms with Crippen LogP contribution in [0, 0.1) is 5.82 Å². The van der Waals surface area contributed by atoms with Crippen molar-refractivity contribution in [3.8, 4) is 5.75 Å². The molecule has 0 spiro atoms. The van der Waals surface area contributed by atoms with Crippen LogP contribution in [0.1, 0.15) is 38.2 Å². The van der Waals surface area contributed by atoms with E-state index in [9.17, 15) is 22.4 Å². The van der Waals surface area contributed by atoms with Crippen molar-refractivity contribution in [1.82, 2.24) is 10.2 Å². The zero-order valence-electron chi connectivity index (χ0n) is 22.9. The van der Waals surface area contributed by atoms with Gasteiger partial charge in [0.15, 0.2) is 0 Å². The predicted octanol–water partition coefficient (Wildman–Crippen LogP) is 5.16. The Hall–Kier alpha value is -3.63. The molecule has 1 N–H and O–H groups in total. The molecule has 0 aromatic heterocycles. The van der Waals surface area contributed by atoms with E-state index in [0.717, 1.165) is 47.7 Å². The number of nitrogens with one attached hydrogen (secondary N) is 1. The molecule has 1 saturated carbocycles. The Kier molecular flexibility index (Phi) is 9.88. The van der Waals surface area contributed by atoms with Crippen molar-refractivity contribution in [3.63, 3.8) is 0 Å². The Bertz CT molecular complexity index is 1470. The van der Waals surface area contributed by atoms with E-state index in [4.69, 9.17) is 16.3 Å². The molecule has 0 heterocycles. The molecule has 1 fully saturated rings. The minimum atomic E-state index is -4.27. The maximum Gasteiger partial charge on any atom is 0.264 e. The summed E-state index contributed by atoms with van der Waals surface area (Å²) in [5, 5.41) is 2.74. The maximum absolute atomic E-state index is 14.0. The van der Waals surface area contributed by atoms with Crippen LogP contribution in [0.3, 0.4) is 0 Å². The van der Waals surface area contributed by atoms with Gasteiger partial charge in [0.2, 0.25) is 11.8 Å². The van der Waals surface area contributed by atoms with Gasteiger partial charge in [0.25, 0.3) is 10.0 Å². The number of carbonyl (C=O) groups is 2. The zero-order valence-corrected chi connectivity index (χ0v) is 24.5. The topological polar surface area (TPSA) is 96.0 Å². The first-order chi connectivity index (χ1) is 19.6. The summed E-state index contributed by atoms with van der Waals surface area (Å²) in [5.74, 6) is -1.03. The van der Waals surface area contributed by atoms with Crippen LogP contribution in [0.2, 0.25) is 5.02 Å². The lowest BCUT2D eigenvalue weighted by atomic mass is 10.1. The van der Waals surface area contributed by atoms with Gasteiger partial charge in [-0.1, -0.05) is 54.8 Å². The number of methoxy groups -OCH3 is 1. The molecule has 0 radical (unpaired) electrons. The standard InChI is InChI=1S/C30H33ClFN3O5S/c1-21(30(37)33-23-8-6-7-9-23)34(19-22-12-15-25(40-2)16-13-22)29(36)20-35(24-14-17-28(32)27(31)18-24)41(38,39)26-10-4-3-5-11-26/h3-5,10-18,21,23H,6-9,19-20H2,1-2H3,(H,33,37). The number of hydrogen-bond acceptors (Lipinski definition) is 5. The average molecular weight is 602 g/mol. The van der Waals surface area contributed by atoms with E-state index in [1.54, 1.807) is 56.5 Å². The zero-order chi connectivity index (χ0) is 29.6. The van der Waals surface area contributed by atoms with Crippen molar-refractivity contribution in [3.05, 3.63) is 89.2 Å². The van der Waals surface area contributed by atoms with Crippen LogP contribution < -0.4 is 14.4 Å². The molecular weight excluding hydrogens is 569 g/mol. The summed E-state index contributed by atoms with van der Waals surface area (Å²) < 4.78 is 47.7. The van der Waals surface area contributed by atoms with Crippen molar-refractivity contribution in [1.29, 1.82) is 0 Å². The first-order valence-corrected chi connectivity index (χ1v) is 15.2. The molecule has 3 aromatic rings. The molecule has 41 heavy (non-hydrogen) atoms. The fourth-order valence-corrected chi connectivity index (χ4v) is 6.39. The number of benzene rings is 3. The van der Waals surface area contributed by atoms with Gasteiger partial charge in [0.1, 0.15) is 24.2 Å². The first kappa shape index (κ1) is 30.3. The number of sulfonamides is 1. The van der Waals surface area contributed by atoms with Crippen LogP contribution in [0.25, 0.3) is 0 Å². The molecule has 0 aliphatic heterocycles. The Morgan fingerprint density at radius 1 is 1.05 bits per heavy atom. The van der Waals surface area contributed by atoms with E-state index < -0.39 is 34.3 Å². The SMILES string of the molecule is COc1ccc(CN(C(=O)CN(c2ccc(F)c(Cl)c2)S(=O)(=O)c2ccccc2)C(C)C(=O)NC2CCCC2)cc1. The number of amides is 2. The Balaban J connectivity index is 1.69. The molecular formula is C30H33ClFN3O5S. The largest absolute Gasteiger partial charge is 0.497 e. The molecule has 0 saturated heterocycles. The van der Waals surface area contributed by atoms with Crippen molar-refractivity contribution in [2.24, 2.45) is 0 Å². The molecule has 2 amide bonds. The maximum atomic E-state index is 14.0. The molecule has 218 valence electrons. The number of nitrogens with zero attached hydrogens (tertiary/aromatic N) is 2. The summed E-state index contributed by atoms with van der Waals surface area (Å²) in [6.07, 6.45) is 3.80. The number of rotatable bonds is 11. The first-order valence-electron chi connectivity index (χ1n) is 13.4. The molecule has 8 nitrogen and oxygen atoms in total. The van der Waals surface area contributed by atoms with Gasteiger partial charge >= 0.3 is 0 Å². The summed E-state index contributed by atoms with van der Waals surface area (Å²) in [4.78, 5) is 28.5. The fourth-order valence-electron chi connectivity index (χ4n) is 4.79. The normalized spacial score (nSPS) is 14.3. The summed E-state index contributed by atoms with van der Waals surface area (Å²) >= 11 is 6.00. The molecule has 3 aromatic carbocycles. The van der Waals surface area contributed by atoms with E-state index in [0.29, 0.717) is 5.75 Å². The van der Waals surface area contributed by atoms with E-state index in [1.807, 2.05) is 0 Å². The third kappa shape index (κ3) is 7.37. The summed E-state index contributed by atoms with van der Waals surface area (Å²) in [6, 6.07) is 17.3. The quantitative estimate of drug-likeness (QED) is 0.328. The van der Waals surface area contributed by atoms with Crippen LogP contribution >= 0.6 is 11.6 Å². The second-order valence-electron chi connectivity index (χ2n) is 9.96. The monoisotopic (exact) mass is 601 g/mol. The van der Waals surface area contributed by atoms with Gasteiger partial charge in [-0.05, 0) is 67.8 Å². The van der Waals surface area contributed by atoms with Gasteiger partial charge in [-0.15, -0.1) is 0 Å². The smallest absolute Gasteiger partial charge is 0.264 e. The highest BCUT2D eigenvalue weighted by molar-refractivity contribution is 7.92. The van der Waals surface area contributed by atoms with E-state index in [-0.39, 0.29) is 34.1 Å². The Morgan fingerprint density at radius 2 is 1.71 bits per heavy atom. The number of hydrogen-bond donors (Lipinski definition) is 1. The Labute approximate surface area is 245 Å². The Morgan fingerprint density at radius 3 is 2.32 bits per heavy atom. The molecule has 1 aliphatic carbocycles. The van der Waals surface area contributed by atoms with Crippen LogP contribution in [-0.2, 0) is 26.2 Å². The van der Waals surface area contributed by atoms with Crippen molar-refractivity contribution < 1.29 is 27.1 Å². The van der Waals surface area contributed by atoms with Gasteiger partial charge in [-0.3, -0.25) is 13.9 Å². The third-order valence-corrected chi connectivity index (χ3v) is 9.26. The molecule has 1 unspecified atom stereocenters. The summed E-state index contributed by atoms with van der Waals surface area (Å²) in [5.41, 5.74) is 0.739.